The fourth-order valence-corrected chi connectivity index (χ4v) is 3.52. The summed E-state index contributed by atoms with van der Waals surface area (Å²) >= 11 is 0. The van der Waals surface area contributed by atoms with Gasteiger partial charge in [0.25, 0.3) is 0 Å². The molecule has 0 aromatic heterocycles. The van der Waals surface area contributed by atoms with Crippen LogP contribution >= 0.6 is 0 Å². The van der Waals surface area contributed by atoms with Crippen molar-refractivity contribution >= 4 is 0 Å². The third kappa shape index (κ3) is 3.27. The van der Waals surface area contributed by atoms with Gasteiger partial charge in [-0.1, -0.05) is 19.9 Å². The predicted octanol–water partition coefficient (Wildman–Crippen LogP) is 3.79. The Bertz CT molecular complexity index is 482. The van der Waals surface area contributed by atoms with Gasteiger partial charge in [-0.2, -0.15) is 0 Å². The Morgan fingerprint density at radius 3 is 2.38 bits per heavy atom. The first-order chi connectivity index (χ1) is 9.89. The first-order valence-electron chi connectivity index (χ1n) is 7.72. The van der Waals surface area contributed by atoms with Gasteiger partial charge in [-0.25, -0.2) is 8.78 Å². The van der Waals surface area contributed by atoms with Crippen LogP contribution in [0.2, 0.25) is 0 Å². The molecule has 1 fully saturated rings. The monoisotopic (exact) mass is 297 g/mol. The maximum absolute atomic E-state index is 13.9. The number of rotatable bonds is 4. The molecule has 0 heterocycles. The summed E-state index contributed by atoms with van der Waals surface area (Å²) in [4.78, 5) is 0. The molecule has 2 nitrogen and oxygen atoms in total. The van der Waals surface area contributed by atoms with Gasteiger partial charge in [-0.05, 0) is 43.6 Å². The highest BCUT2D eigenvalue weighted by Crippen LogP contribution is 2.48. The topological polar surface area (TPSA) is 46.2 Å². The lowest BCUT2D eigenvalue weighted by Gasteiger charge is -2.44. The number of benzene rings is 1. The van der Waals surface area contributed by atoms with Gasteiger partial charge in [0, 0.05) is 23.6 Å². The van der Waals surface area contributed by atoms with Crippen LogP contribution in [0, 0.1) is 28.9 Å². The van der Waals surface area contributed by atoms with Crippen molar-refractivity contribution in [3.8, 4) is 0 Å². The lowest BCUT2D eigenvalue weighted by molar-refractivity contribution is -0.0168. The Labute approximate surface area is 125 Å². The summed E-state index contributed by atoms with van der Waals surface area (Å²) in [5, 5.41) is 10.6. The van der Waals surface area contributed by atoms with Crippen molar-refractivity contribution in [3.05, 3.63) is 35.4 Å². The predicted molar refractivity (Wildman–Crippen MR) is 79.6 cm³/mol. The maximum Gasteiger partial charge on any atom is 0.131 e. The molecule has 0 amide bonds. The SMILES string of the molecule is CC(C)C1CCC(CN)(C(O)c2ccc(F)cc2F)CC1. The van der Waals surface area contributed by atoms with Crippen molar-refractivity contribution in [1.29, 1.82) is 0 Å². The van der Waals surface area contributed by atoms with Crippen molar-refractivity contribution < 1.29 is 13.9 Å². The van der Waals surface area contributed by atoms with Gasteiger partial charge >= 0.3 is 0 Å². The molecule has 1 saturated carbocycles. The highest BCUT2D eigenvalue weighted by molar-refractivity contribution is 5.23. The molecule has 1 aromatic rings. The molecule has 1 aliphatic rings. The molecule has 0 saturated heterocycles. The minimum atomic E-state index is -0.976. The van der Waals surface area contributed by atoms with Gasteiger partial charge in [0.2, 0.25) is 0 Å². The number of aliphatic hydroxyl groups is 1. The zero-order chi connectivity index (χ0) is 15.6. The van der Waals surface area contributed by atoms with E-state index in [0.29, 0.717) is 18.4 Å². The molecule has 0 bridgehead atoms. The van der Waals surface area contributed by atoms with E-state index in [4.69, 9.17) is 5.73 Å². The van der Waals surface area contributed by atoms with E-state index in [0.717, 1.165) is 31.7 Å². The van der Waals surface area contributed by atoms with E-state index < -0.39 is 23.2 Å². The van der Waals surface area contributed by atoms with Gasteiger partial charge in [0.05, 0.1) is 6.10 Å². The number of aliphatic hydroxyl groups excluding tert-OH is 1. The van der Waals surface area contributed by atoms with Gasteiger partial charge in [-0.3, -0.25) is 0 Å². The molecule has 118 valence electrons. The van der Waals surface area contributed by atoms with E-state index in [9.17, 15) is 13.9 Å². The minimum Gasteiger partial charge on any atom is -0.388 e. The zero-order valence-corrected chi connectivity index (χ0v) is 12.8. The molecule has 1 atom stereocenters. The maximum atomic E-state index is 13.9. The summed E-state index contributed by atoms with van der Waals surface area (Å²) in [5.74, 6) is -0.0783. The fraction of sp³-hybridized carbons (Fsp3) is 0.647. The number of hydrogen-bond acceptors (Lipinski definition) is 2. The summed E-state index contributed by atoms with van der Waals surface area (Å²) in [5.41, 5.74) is 5.58. The molecule has 0 spiro atoms. The Balaban J connectivity index is 2.21. The third-order valence-corrected chi connectivity index (χ3v) is 5.21. The molecule has 3 N–H and O–H groups in total. The highest BCUT2D eigenvalue weighted by Gasteiger charge is 2.42. The Morgan fingerprint density at radius 2 is 1.90 bits per heavy atom. The molecule has 1 unspecified atom stereocenters. The molecule has 1 aliphatic carbocycles. The summed E-state index contributed by atoms with van der Waals surface area (Å²) in [6.07, 6.45) is 2.58. The van der Waals surface area contributed by atoms with Crippen LogP contribution in [0.15, 0.2) is 18.2 Å². The Kier molecular flexibility index (Phi) is 4.99. The molecular weight excluding hydrogens is 272 g/mol. The lowest BCUT2D eigenvalue weighted by atomic mass is 9.64. The number of nitrogens with two attached hydrogens (primary N) is 1. The van der Waals surface area contributed by atoms with Crippen LogP contribution in [0.4, 0.5) is 8.78 Å². The Hall–Kier alpha value is -1.00. The van der Waals surface area contributed by atoms with E-state index in [-0.39, 0.29) is 5.56 Å². The second-order valence-electron chi connectivity index (χ2n) is 6.72. The number of hydrogen-bond donors (Lipinski definition) is 2. The van der Waals surface area contributed by atoms with Crippen molar-refractivity contribution in [3.63, 3.8) is 0 Å². The summed E-state index contributed by atoms with van der Waals surface area (Å²) in [6, 6.07) is 3.34. The first-order valence-corrected chi connectivity index (χ1v) is 7.72. The molecular formula is C17H25F2NO. The van der Waals surface area contributed by atoms with E-state index >= 15 is 0 Å². The van der Waals surface area contributed by atoms with Gasteiger partial charge in [0.1, 0.15) is 11.6 Å². The smallest absolute Gasteiger partial charge is 0.131 e. The van der Waals surface area contributed by atoms with Crippen molar-refractivity contribution in [2.24, 2.45) is 23.0 Å². The van der Waals surface area contributed by atoms with Crippen LogP contribution in [0.5, 0.6) is 0 Å². The zero-order valence-electron chi connectivity index (χ0n) is 12.8. The van der Waals surface area contributed by atoms with E-state index in [1.165, 1.54) is 12.1 Å². The van der Waals surface area contributed by atoms with E-state index in [2.05, 4.69) is 13.8 Å². The van der Waals surface area contributed by atoms with Crippen LogP contribution in [0.25, 0.3) is 0 Å². The molecule has 1 aromatic carbocycles. The average Bonchev–Trinajstić information content (AvgIpc) is 2.46. The van der Waals surface area contributed by atoms with Gasteiger partial charge in [-0.15, -0.1) is 0 Å². The van der Waals surface area contributed by atoms with Crippen molar-refractivity contribution in [2.45, 2.75) is 45.6 Å². The second kappa shape index (κ2) is 6.41. The normalized spacial score (nSPS) is 27.9. The lowest BCUT2D eigenvalue weighted by Crippen LogP contribution is -2.41. The van der Waals surface area contributed by atoms with E-state index in [1.807, 2.05) is 0 Å². The summed E-state index contributed by atoms with van der Waals surface area (Å²) in [6.45, 7) is 4.72. The van der Waals surface area contributed by atoms with Crippen LogP contribution < -0.4 is 5.73 Å². The first kappa shape index (κ1) is 16.4. The molecule has 0 radical (unpaired) electrons. The third-order valence-electron chi connectivity index (χ3n) is 5.21. The fourth-order valence-electron chi connectivity index (χ4n) is 3.52. The second-order valence-corrected chi connectivity index (χ2v) is 6.72. The van der Waals surface area contributed by atoms with Crippen LogP contribution in [0.3, 0.4) is 0 Å². The quantitative estimate of drug-likeness (QED) is 0.888. The Morgan fingerprint density at radius 1 is 1.29 bits per heavy atom. The standard InChI is InChI=1S/C17H25F2NO/c1-11(2)12-5-7-17(10-20,8-6-12)16(21)14-4-3-13(18)9-15(14)19/h3-4,9,11-12,16,21H,5-8,10,20H2,1-2H3. The highest BCUT2D eigenvalue weighted by atomic mass is 19.1. The van der Waals surface area contributed by atoms with Gasteiger partial charge in [0.15, 0.2) is 0 Å². The minimum absolute atomic E-state index is 0.157. The van der Waals surface area contributed by atoms with Crippen LogP contribution in [0.1, 0.15) is 51.2 Å². The van der Waals surface area contributed by atoms with Crippen LogP contribution in [-0.4, -0.2) is 11.7 Å². The average molecular weight is 297 g/mol. The molecule has 4 heteroatoms. The van der Waals surface area contributed by atoms with E-state index in [1.54, 1.807) is 0 Å². The number of halogens is 2. The largest absolute Gasteiger partial charge is 0.388 e. The van der Waals surface area contributed by atoms with Crippen LogP contribution in [-0.2, 0) is 0 Å². The van der Waals surface area contributed by atoms with Crippen molar-refractivity contribution in [2.75, 3.05) is 6.54 Å². The molecule has 21 heavy (non-hydrogen) atoms. The van der Waals surface area contributed by atoms with Crippen molar-refractivity contribution in [1.82, 2.24) is 0 Å². The summed E-state index contributed by atoms with van der Waals surface area (Å²) < 4.78 is 27.0. The molecule has 0 aliphatic heterocycles. The molecule has 2 rings (SSSR count). The van der Waals surface area contributed by atoms with Gasteiger partial charge < -0.3 is 10.8 Å². The summed E-state index contributed by atoms with van der Waals surface area (Å²) in [7, 11) is 0.